The summed E-state index contributed by atoms with van der Waals surface area (Å²) in [6, 6.07) is 27.1. The first-order chi connectivity index (χ1) is 20.1. The number of thiophene rings is 1. The third kappa shape index (κ3) is 6.61. The topological polar surface area (TPSA) is 82.0 Å². The Morgan fingerprint density at radius 3 is 2.45 bits per heavy atom. The lowest BCUT2D eigenvalue weighted by Crippen LogP contribution is -2.26. The molecule has 42 heavy (non-hydrogen) atoms. The van der Waals surface area contributed by atoms with E-state index in [1.807, 2.05) is 79.7 Å². The molecule has 0 aliphatic heterocycles. The molecule has 0 bridgehead atoms. The Morgan fingerprint density at radius 1 is 1.00 bits per heavy atom. The Balaban J connectivity index is 1.38. The smallest absolute Gasteiger partial charge is 0.255 e. The summed E-state index contributed by atoms with van der Waals surface area (Å²) in [6.45, 7) is 8.73. The molecule has 7 heteroatoms. The van der Waals surface area contributed by atoms with Gasteiger partial charge < -0.3 is 10.6 Å². The molecule has 0 saturated carbocycles. The lowest BCUT2D eigenvalue weighted by Gasteiger charge is -2.33. The number of amides is 2. The summed E-state index contributed by atoms with van der Waals surface area (Å²) in [5, 5.41) is 16.3. The van der Waals surface area contributed by atoms with Crippen molar-refractivity contribution in [3.8, 4) is 6.07 Å². The maximum absolute atomic E-state index is 13.9. The molecule has 1 aliphatic rings. The zero-order valence-electron chi connectivity index (χ0n) is 24.4. The van der Waals surface area contributed by atoms with Crippen LogP contribution in [0.2, 0.25) is 0 Å². The van der Waals surface area contributed by atoms with Crippen LogP contribution in [0, 0.1) is 29.6 Å². The van der Waals surface area contributed by atoms with E-state index < -0.39 is 5.25 Å². The van der Waals surface area contributed by atoms with Crippen LogP contribution in [0.3, 0.4) is 0 Å². The van der Waals surface area contributed by atoms with Crippen LogP contribution in [0.25, 0.3) is 0 Å². The zero-order chi connectivity index (χ0) is 29.9. The van der Waals surface area contributed by atoms with Gasteiger partial charge in [-0.3, -0.25) is 9.59 Å². The van der Waals surface area contributed by atoms with E-state index in [1.54, 1.807) is 17.4 Å². The second-order valence-corrected chi connectivity index (χ2v) is 14.1. The number of hydrogen-bond acceptors (Lipinski definition) is 5. The van der Waals surface area contributed by atoms with Crippen LogP contribution in [0.4, 0.5) is 10.7 Å². The number of rotatable bonds is 7. The fraction of sp³-hybridized carbons (Fsp3) is 0.286. The average molecular weight is 594 g/mol. The largest absolute Gasteiger partial charge is 0.322 e. The van der Waals surface area contributed by atoms with Gasteiger partial charge in [-0.25, -0.2) is 0 Å². The molecule has 1 aromatic heterocycles. The molecule has 5 rings (SSSR count). The average Bonchev–Trinajstić information content (AvgIpc) is 3.32. The second kappa shape index (κ2) is 12.6. The van der Waals surface area contributed by atoms with E-state index in [4.69, 9.17) is 0 Å². The molecule has 0 spiro atoms. The van der Waals surface area contributed by atoms with E-state index in [1.165, 1.54) is 16.6 Å². The number of aryl methyl sites for hydroxylation is 1. The van der Waals surface area contributed by atoms with Gasteiger partial charge in [-0.1, -0.05) is 75.4 Å². The number of benzene rings is 3. The Bertz CT molecular complexity index is 1650. The first kappa shape index (κ1) is 29.6. The van der Waals surface area contributed by atoms with Gasteiger partial charge in [-0.15, -0.1) is 23.1 Å². The van der Waals surface area contributed by atoms with Gasteiger partial charge in [0, 0.05) is 21.0 Å². The lowest BCUT2D eigenvalue weighted by atomic mass is 9.72. The fourth-order valence-electron chi connectivity index (χ4n) is 5.42. The lowest BCUT2D eigenvalue weighted by molar-refractivity contribution is -0.115. The van der Waals surface area contributed by atoms with E-state index in [0.29, 0.717) is 27.7 Å². The number of nitriles is 1. The van der Waals surface area contributed by atoms with Crippen molar-refractivity contribution < 1.29 is 9.59 Å². The van der Waals surface area contributed by atoms with Gasteiger partial charge in [0.1, 0.15) is 16.3 Å². The molecule has 2 atom stereocenters. The molecular weight excluding hydrogens is 559 g/mol. The number of thioether (sulfide) groups is 1. The molecule has 0 fully saturated rings. The number of anilines is 2. The van der Waals surface area contributed by atoms with Crippen molar-refractivity contribution in [1.29, 1.82) is 5.26 Å². The molecular formula is C35H35N3O2S2. The van der Waals surface area contributed by atoms with Crippen molar-refractivity contribution in [3.63, 3.8) is 0 Å². The first-order valence-electron chi connectivity index (χ1n) is 14.2. The number of nitrogens with one attached hydrogen (secondary N) is 2. The standard InChI is InChI=1S/C35H35N3O2S2/c1-22-11-8-9-16-27(22)32(39)37-25-14-10-15-26(20-25)41-31(23-12-6-5-7-13-23)33(40)38-34-29(21-36)28-18-17-24(35(2,3)4)19-30(28)42-34/h5-16,20,24,31H,17-19H2,1-4H3,(H,37,39)(H,38,40). The third-order valence-corrected chi connectivity index (χ3v) is 10.3. The summed E-state index contributed by atoms with van der Waals surface area (Å²) in [7, 11) is 0. The predicted molar refractivity (Wildman–Crippen MR) is 173 cm³/mol. The van der Waals surface area contributed by atoms with Crippen LogP contribution in [0.15, 0.2) is 83.8 Å². The van der Waals surface area contributed by atoms with Gasteiger partial charge in [-0.05, 0) is 78.5 Å². The molecule has 5 nitrogen and oxygen atoms in total. The molecule has 1 aliphatic carbocycles. The molecule has 214 valence electrons. The highest BCUT2D eigenvalue weighted by molar-refractivity contribution is 8.00. The number of carbonyl (C=O) groups is 2. The van der Waals surface area contributed by atoms with Crippen LogP contribution in [0.5, 0.6) is 0 Å². The molecule has 2 N–H and O–H groups in total. The van der Waals surface area contributed by atoms with Crippen LogP contribution in [-0.4, -0.2) is 11.8 Å². The molecule has 3 aromatic carbocycles. The minimum atomic E-state index is -0.554. The van der Waals surface area contributed by atoms with Gasteiger partial charge in [0.25, 0.3) is 5.91 Å². The maximum Gasteiger partial charge on any atom is 0.255 e. The molecule has 0 radical (unpaired) electrons. The first-order valence-corrected chi connectivity index (χ1v) is 15.9. The Hall–Kier alpha value is -3.86. The number of hydrogen-bond donors (Lipinski definition) is 2. The highest BCUT2D eigenvalue weighted by Gasteiger charge is 2.33. The van der Waals surface area contributed by atoms with Crippen LogP contribution < -0.4 is 10.6 Å². The number of carbonyl (C=O) groups excluding carboxylic acids is 2. The van der Waals surface area contributed by atoms with E-state index in [9.17, 15) is 14.9 Å². The summed E-state index contributed by atoms with van der Waals surface area (Å²) in [6.07, 6.45) is 2.85. The maximum atomic E-state index is 13.9. The Morgan fingerprint density at radius 2 is 1.74 bits per heavy atom. The van der Waals surface area contributed by atoms with Crippen molar-refractivity contribution in [2.75, 3.05) is 10.6 Å². The Labute approximate surface area is 256 Å². The molecule has 4 aromatic rings. The number of fused-ring (bicyclic) bond motifs is 1. The van der Waals surface area contributed by atoms with Gasteiger partial charge in [-0.2, -0.15) is 5.26 Å². The summed E-state index contributed by atoms with van der Waals surface area (Å²) in [5.74, 6) is 0.194. The second-order valence-electron chi connectivity index (χ2n) is 11.8. The summed E-state index contributed by atoms with van der Waals surface area (Å²) in [5.41, 5.74) is 4.95. The van der Waals surface area contributed by atoms with E-state index in [-0.39, 0.29) is 17.2 Å². The van der Waals surface area contributed by atoms with Gasteiger partial charge in [0.05, 0.1) is 5.56 Å². The van der Waals surface area contributed by atoms with Crippen molar-refractivity contribution in [2.24, 2.45) is 11.3 Å². The SMILES string of the molecule is Cc1ccccc1C(=O)Nc1cccc(SC(C(=O)Nc2sc3c(c2C#N)CCC(C(C)(C)C)C3)c2ccccc2)c1. The molecule has 1 heterocycles. The monoisotopic (exact) mass is 593 g/mol. The van der Waals surface area contributed by atoms with Crippen molar-refractivity contribution in [2.45, 2.75) is 57.1 Å². The fourth-order valence-corrected chi connectivity index (χ4v) is 7.78. The minimum absolute atomic E-state index is 0.174. The summed E-state index contributed by atoms with van der Waals surface area (Å²) >= 11 is 2.97. The quantitative estimate of drug-likeness (QED) is 0.210. The predicted octanol–water partition coefficient (Wildman–Crippen LogP) is 8.80. The minimum Gasteiger partial charge on any atom is -0.322 e. The molecule has 0 saturated heterocycles. The molecule has 2 unspecified atom stereocenters. The molecule has 2 amide bonds. The highest BCUT2D eigenvalue weighted by Crippen LogP contribution is 2.45. The van der Waals surface area contributed by atoms with E-state index in [0.717, 1.165) is 40.8 Å². The van der Waals surface area contributed by atoms with Gasteiger partial charge in [0.2, 0.25) is 5.91 Å². The third-order valence-electron chi connectivity index (χ3n) is 7.91. The van der Waals surface area contributed by atoms with E-state index >= 15 is 0 Å². The number of nitrogens with zero attached hydrogens (tertiary/aromatic N) is 1. The van der Waals surface area contributed by atoms with Crippen molar-refractivity contribution in [1.82, 2.24) is 0 Å². The van der Waals surface area contributed by atoms with Crippen molar-refractivity contribution >= 4 is 45.6 Å². The van der Waals surface area contributed by atoms with Crippen molar-refractivity contribution in [3.05, 3.63) is 112 Å². The van der Waals surface area contributed by atoms with Gasteiger partial charge >= 0.3 is 0 Å². The van der Waals surface area contributed by atoms with Crippen LogP contribution in [0.1, 0.15) is 69.9 Å². The Kier molecular flexibility index (Phi) is 8.86. The summed E-state index contributed by atoms with van der Waals surface area (Å²) in [4.78, 5) is 28.9. The van der Waals surface area contributed by atoms with E-state index in [2.05, 4.69) is 37.5 Å². The highest BCUT2D eigenvalue weighted by atomic mass is 32.2. The van der Waals surface area contributed by atoms with Crippen LogP contribution >= 0.6 is 23.1 Å². The van der Waals surface area contributed by atoms with Gasteiger partial charge in [0.15, 0.2) is 0 Å². The van der Waals surface area contributed by atoms with Crippen LogP contribution in [-0.2, 0) is 17.6 Å². The normalized spacial score (nSPS) is 15.3. The summed E-state index contributed by atoms with van der Waals surface area (Å²) < 4.78 is 0. The zero-order valence-corrected chi connectivity index (χ0v) is 26.0.